The zero-order valence-corrected chi connectivity index (χ0v) is 11.2. The fourth-order valence-corrected chi connectivity index (χ4v) is 3.60. The highest BCUT2D eigenvalue weighted by Crippen LogP contribution is 2.28. The van der Waals surface area contributed by atoms with Gasteiger partial charge in [-0.1, -0.05) is 13.3 Å². The molecule has 0 bridgehead atoms. The van der Waals surface area contributed by atoms with Gasteiger partial charge in [0.1, 0.15) is 0 Å². The second-order valence-corrected chi connectivity index (χ2v) is 5.63. The van der Waals surface area contributed by atoms with Crippen LogP contribution in [0.1, 0.15) is 51.9 Å². The van der Waals surface area contributed by atoms with Crippen LogP contribution in [-0.2, 0) is 0 Å². The van der Waals surface area contributed by atoms with Crippen molar-refractivity contribution in [3.63, 3.8) is 0 Å². The number of nitrogens with one attached hydrogen (secondary N) is 1. The SMILES string of the molecule is CCNC1CCC(N2CCCCC2CO)CC1. The Labute approximate surface area is 106 Å². The molecule has 1 aliphatic carbocycles. The average Bonchev–Trinajstić information content (AvgIpc) is 2.40. The second-order valence-electron chi connectivity index (χ2n) is 5.63. The van der Waals surface area contributed by atoms with Crippen LogP contribution in [0.3, 0.4) is 0 Å². The predicted octanol–water partition coefficient (Wildman–Crippen LogP) is 1.75. The largest absolute Gasteiger partial charge is 0.395 e. The lowest BCUT2D eigenvalue weighted by Gasteiger charge is -2.43. The van der Waals surface area contributed by atoms with Crippen LogP contribution in [0.15, 0.2) is 0 Å². The first-order valence-corrected chi connectivity index (χ1v) is 7.45. The van der Waals surface area contributed by atoms with E-state index in [2.05, 4.69) is 17.1 Å². The van der Waals surface area contributed by atoms with E-state index >= 15 is 0 Å². The highest BCUT2D eigenvalue weighted by atomic mass is 16.3. The van der Waals surface area contributed by atoms with E-state index in [9.17, 15) is 5.11 Å². The van der Waals surface area contributed by atoms with Gasteiger partial charge in [0.2, 0.25) is 0 Å². The number of hydrogen-bond acceptors (Lipinski definition) is 3. The predicted molar refractivity (Wildman–Crippen MR) is 71.2 cm³/mol. The van der Waals surface area contributed by atoms with Crippen LogP contribution in [0.5, 0.6) is 0 Å². The van der Waals surface area contributed by atoms with Crippen LogP contribution in [0, 0.1) is 0 Å². The van der Waals surface area contributed by atoms with Gasteiger partial charge in [-0.2, -0.15) is 0 Å². The number of rotatable bonds is 4. The third-order valence-electron chi connectivity index (χ3n) is 4.54. The Morgan fingerprint density at radius 1 is 1.12 bits per heavy atom. The van der Waals surface area contributed by atoms with E-state index < -0.39 is 0 Å². The lowest BCUT2D eigenvalue weighted by atomic mass is 9.87. The van der Waals surface area contributed by atoms with Crippen molar-refractivity contribution in [1.82, 2.24) is 10.2 Å². The van der Waals surface area contributed by atoms with Gasteiger partial charge >= 0.3 is 0 Å². The Balaban J connectivity index is 1.82. The molecule has 0 aromatic carbocycles. The van der Waals surface area contributed by atoms with Gasteiger partial charge in [0.05, 0.1) is 6.61 Å². The quantitative estimate of drug-likeness (QED) is 0.786. The van der Waals surface area contributed by atoms with E-state index in [1.54, 1.807) is 0 Å². The first-order chi connectivity index (χ1) is 8.35. The molecule has 0 radical (unpaired) electrons. The Morgan fingerprint density at radius 3 is 2.53 bits per heavy atom. The zero-order chi connectivity index (χ0) is 12.1. The number of likely N-dealkylation sites (tertiary alicyclic amines) is 1. The van der Waals surface area contributed by atoms with Gasteiger partial charge in [-0.3, -0.25) is 4.90 Å². The summed E-state index contributed by atoms with van der Waals surface area (Å²) in [6.07, 6.45) is 9.07. The molecule has 2 N–H and O–H groups in total. The molecule has 2 fully saturated rings. The summed E-state index contributed by atoms with van der Waals surface area (Å²) in [6, 6.07) is 1.93. The molecule has 100 valence electrons. The molecule has 2 rings (SSSR count). The lowest BCUT2D eigenvalue weighted by Crippen LogP contribution is -2.50. The Morgan fingerprint density at radius 2 is 1.88 bits per heavy atom. The topological polar surface area (TPSA) is 35.5 Å². The summed E-state index contributed by atoms with van der Waals surface area (Å²) in [5.41, 5.74) is 0. The van der Waals surface area contributed by atoms with Crippen LogP contribution in [0.2, 0.25) is 0 Å². The number of nitrogens with zero attached hydrogens (tertiary/aromatic N) is 1. The minimum absolute atomic E-state index is 0.354. The molecule has 3 nitrogen and oxygen atoms in total. The van der Waals surface area contributed by atoms with Crippen molar-refractivity contribution in [2.45, 2.75) is 70.0 Å². The Hall–Kier alpha value is -0.120. The maximum atomic E-state index is 9.47. The molecule has 0 spiro atoms. The molecule has 17 heavy (non-hydrogen) atoms. The number of aliphatic hydroxyl groups is 1. The van der Waals surface area contributed by atoms with Gasteiger partial charge in [-0.25, -0.2) is 0 Å². The summed E-state index contributed by atoms with van der Waals surface area (Å²) < 4.78 is 0. The molecular formula is C14H28N2O. The standard InChI is InChI=1S/C14H28N2O/c1-2-15-12-6-8-13(9-7-12)16-10-4-3-5-14(16)11-17/h12-15,17H,2-11H2,1H3. The van der Waals surface area contributed by atoms with E-state index in [1.165, 1.54) is 51.5 Å². The van der Waals surface area contributed by atoms with E-state index in [4.69, 9.17) is 0 Å². The number of aliphatic hydroxyl groups excluding tert-OH is 1. The molecule has 1 unspecified atom stereocenters. The summed E-state index contributed by atoms with van der Waals surface area (Å²) in [6.45, 7) is 4.85. The smallest absolute Gasteiger partial charge is 0.0586 e. The third kappa shape index (κ3) is 3.43. The van der Waals surface area contributed by atoms with E-state index in [-0.39, 0.29) is 0 Å². The number of hydrogen-bond donors (Lipinski definition) is 2. The van der Waals surface area contributed by atoms with Crippen molar-refractivity contribution in [2.24, 2.45) is 0 Å². The monoisotopic (exact) mass is 240 g/mol. The molecule has 0 amide bonds. The minimum Gasteiger partial charge on any atom is -0.395 e. The molecule has 3 heteroatoms. The average molecular weight is 240 g/mol. The molecule has 1 saturated carbocycles. The van der Waals surface area contributed by atoms with Crippen LogP contribution < -0.4 is 5.32 Å². The van der Waals surface area contributed by atoms with Crippen molar-refractivity contribution >= 4 is 0 Å². The van der Waals surface area contributed by atoms with Crippen molar-refractivity contribution in [1.29, 1.82) is 0 Å². The van der Waals surface area contributed by atoms with E-state index in [0.717, 1.165) is 18.6 Å². The highest BCUT2D eigenvalue weighted by Gasteiger charge is 2.31. The van der Waals surface area contributed by atoms with E-state index in [0.29, 0.717) is 12.6 Å². The fraction of sp³-hybridized carbons (Fsp3) is 1.00. The molecule has 1 atom stereocenters. The third-order valence-corrected chi connectivity index (χ3v) is 4.54. The molecule has 0 aromatic heterocycles. The Kier molecular flexibility index (Phi) is 5.26. The molecule has 1 saturated heterocycles. The van der Waals surface area contributed by atoms with Gasteiger partial charge in [-0.05, 0) is 51.6 Å². The van der Waals surface area contributed by atoms with Crippen LogP contribution in [0.4, 0.5) is 0 Å². The van der Waals surface area contributed by atoms with Crippen molar-refractivity contribution in [3.05, 3.63) is 0 Å². The zero-order valence-electron chi connectivity index (χ0n) is 11.2. The summed E-state index contributed by atoms with van der Waals surface area (Å²) in [7, 11) is 0. The molecule has 1 heterocycles. The first kappa shape index (κ1) is 13.3. The molecule has 2 aliphatic rings. The normalized spacial score (nSPS) is 36.0. The van der Waals surface area contributed by atoms with Gasteiger partial charge in [0.15, 0.2) is 0 Å². The first-order valence-electron chi connectivity index (χ1n) is 7.45. The van der Waals surface area contributed by atoms with Crippen LogP contribution >= 0.6 is 0 Å². The molecule has 0 aromatic rings. The number of piperidine rings is 1. The molecule has 1 aliphatic heterocycles. The maximum absolute atomic E-state index is 9.47. The van der Waals surface area contributed by atoms with Gasteiger partial charge < -0.3 is 10.4 Å². The summed E-state index contributed by atoms with van der Waals surface area (Å²) in [4.78, 5) is 2.60. The van der Waals surface area contributed by atoms with Gasteiger partial charge in [0, 0.05) is 18.1 Å². The van der Waals surface area contributed by atoms with Crippen molar-refractivity contribution in [3.8, 4) is 0 Å². The Bertz CT molecular complexity index is 214. The fourth-order valence-electron chi connectivity index (χ4n) is 3.60. The lowest BCUT2D eigenvalue weighted by molar-refractivity contribution is 0.0348. The maximum Gasteiger partial charge on any atom is 0.0586 e. The van der Waals surface area contributed by atoms with E-state index in [1.807, 2.05) is 0 Å². The van der Waals surface area contributed by atoms with Crippen LogP contribution in [0.25, 0.3) is 0 Å². The van der Waals surface area contributed by atoms with Crippen molar-refractivity contribution in [2.75, 3.05) is 19.7 Å². The van der Waals surface area contributed by atoms with Crippen molar-refractivity contribution < 1.29 is 5.11 Å². The molecular weight excluding hydrogens is 212 g/mol. The summed E-state index contributed by atoms with van der Waals surface area (Å²) >= 11 is 0. The van der Waals surface area contributed by atoms with Crippen LogP contribution in [-0.4, -0.2) is 47.8 Å². The summed E-state index contributed by atoms with van der Waals surface area (Å²) in [5, 5.41) is 13.0. The van der Waals surface area contributed by atoms with Gasteiger partial charge in [-0.15, -0.1) is 0 Å². The highest BCUT2D eigenvalue weighted by molar-refractivity contribution is 4.87. The summed E-state index contributed by atoms with van der Waals surface area (Å²) in [5.74, 6) is 0. The van der Waals surface area contributed by atoms with Gasteiger partial charge in [0.25, 0.3) is 0 Å². The minimum atomic E-state index is 0.354. The second kappa shape index (κ2) is 6.72.